The lowest BCUT2D eigenvalue weighted by molar-refractivity contribution is -0.132. The van der Waals surface area contributed by atoms with E-state index in [1.54, 1.807) is 48.5 Å². The first-order valence-electron chi connectivity index (χ1n) is 9.86. The molecule has 1 amide bonds. The van der Waals surface area contributed by atoms with Crippen molar-refractivity contribution >= 4 is 39.1 Å². The summed E-state index contributed by atoms with van der Waals surface area (Å²) in [6, 6.07) is 22.4. The zero-order valence-corrected chi connectivity index (χ0v) is 18.4. The predicted octanol–water partition coefficient (Wildman–Crippen LogP) is 5.47. The third-order valence-electron chi connectivity index (χ3n) is 5.10. The zero-order valence-electron chi connectivity index (χ0n) is 16.8. The summed E-state index contributed by atoms with van der Waals surface area (Å²) in [5, 5.41) is 11.0. The summed E-state index contributed by atoms with van der Waals surface area (Å²) in [6.07, 6.45) is 0. The Morgan fingerprint density at radius 1 is 0.968 bits per heavy atom. The van der Waals surface area contributed by atoms with Crippen LogP contribution in [0.1, 0.15) is 24.1 Å². The third-order valence-corrected chi connectivity index (χ3v) is 5.63. The molecule has 31 heavy (non-hydrogen) atoms. The van der Waals surface area contributed by atoms with Gasteiger partial charge in [0.1, 0.15) is 11.5 Å². The van der Waals surface area contributed by atoms with Crippen molar-refractivity contribution in [2.75, 3.05) is 11.5 Å². The van der Waals surface area contributed by atoms with Crippen LogP contribution >= 0.6 is 15.9 Å². The normalized spacial score (nSPS) is 17.7. The molecule has 156 valence electrons. The molecule has 3 aromatic carbocycles. The van der Waals surface area contributed by atoms with Crippen LogP contribution < -0.4 is 9.64 Å². The molecule has 0 spiro atoms. The van der Waals surface area contributed by atoms with E-state index in [1.165, 1.54) is 4.90 Å². The Morgan fingerprint density at radius 2 is 1.61 bits per heavy atom. The molecule has 6 heteroatoms. The molecule has 5 nitrogen and oxygen atoms in total. The first-order chi connectivity index (χ1) is 15.0. The van der Waals surface area contributed by atoms with Gasteiger partial charge in [0.25, 0.3) is 11.7 Å². The van der Waals surface area contributed by atoms with Gasteiger partial charge in [-0.2, -0.15) is 0 Å². The molecule has 0 bridgehead atoms. The number of benzene rings is 3. The van der Waals surface area contributed by atoms with Crippen molar-refractivity contribution in [3.05, 3.63) is 100 Å². The van der Waals surface area contributed by atoms with Crippen LogP contribution in [-0.4, -0.2) is 23.4 Å². The highest BCUT2D eigenvalue weighted by Crippen LogP contribution is 2.42. The van der Waals surface area contributed by atoms with Crippen LogP contribution in [0.3, 0.4) is 0 Å². The first-order valence-corrected chi connectivity index (χ1v) is 10.6. The number of rotatable bonds is 5. The number of amides is 1. The van der Waals surface area contributed by atoms with Crippen molar-refractivity contribution in [3.8, 4) is 5.75 Å². The summed E-state index contributed by atoms with van der Waals surface area (Å²) in [7, 11) is 0. The fourth-order valence-electron chi connectivity index (χ4n) is 3.68. The van der Waals surface area contributed by atoms with E-state index in [0.717, 1.165) is 4.47 Å². The summed E-state index contributed by atoms with van der Waals surface area (Å²) in [6.45, 7) is 2.42. The van der Waals surface area contributed by atoms with E-state index in [4.69, 9.17) is 4.74 Å². The molecular formula is C25H20BrNO4. The highest BCUT2D eigenvalue weighted by atomic mass is 79.9. The minimum Gasteiger partial charge on any atom is -0.507 e. The third kappa shape index (κ3) is 3.99. The topological polar surface area (TPSA) is 66.8 Å². The Hall–Kier alpha value is -3.38. The molecule has 3 aromatic rings. The number of Topliss-reactive ketones (excluding diaryl/α,β-unsaturated/α-hetero) is 1. The lowest BCUT2D eigenvalue weighted by atomic mass is 9.95. The molecule has 1 fully saturated rings. The maximum atomic E-state index is 13.1. The van der Waals surface area contributed by atoms with Crippen LogP contribution in [0.5, 0.6) is 5.75 Å². The second-order valence-electron chi connectivity index (χ2n) is 7.01. The Bertz CT molecular complexity index is 1140. The number of aliphatic hydroxyl groups is 1. The molecule has 4 rings (SSSR count). The van der Waals surface area contributed by atoms with Crippen LogP contribution in [0.15, 0.2) is 88.9 Å². The van der Waals surface area contributed by atoms with Crippen molar-refractivity contribution < 1.29 is 19.4 Å². The molecular weight excluding hydrogens is 458 g/mol. The largest absolute Gasteiger partial charge is 0.507 e. The number of hydrogen-bond donors (Lipinski definition) is 1. The van der Waals surface area contributed by atoms with Gasteiger partial charge < -0.3 is 9.84 Å². The van der Waals surface area contributed by atoms with Gasteiger partial charge in [0, 0.05) is 15.7 Å². The van der Waals surface area contributed by atoms with Crippen LogP contribution in [0.4, 0.5) is 5.69 Å². The van der Waals surface area contributed by atoms with Gasteiger partial charge in [-0.1, -0.05) is 58.4 Å². The van der Waals surface area contributed by atoms with Gasteiger partial charge in [-0.15, -0.1) is 0 Å². The lowest BCUT2D eigenvalue weighted by Crippen LogP contribution is -2.29. The number of carbonyl (C=O) groups excluding carboxylic acids is 2. The smallest absolute Gasteiger partial charge is 0.300 e. The molecule has 0 unspecified atom stereocenters. The van der Waals surface area contributed by atoms with Crippen LogP contribution in [0, 0.1) is 0 Å². The van der Waals surface area contributed by atoms with Gasteiger partial charge in [-0.25, -0.2) is 0 Å². The van der Waals surface area contributed by atoms with Gasteiger partial charge in [-0.05, 0) is 48.9 Å². The molecule has 0 aromatic heterocycles. The lowest BCUT2D eigenvalue weighted by Gasteiger charge is -2.25. The van der Waals surface area contributed by atoms with Crippen LogP contribution in [0.2, 0.25) is 0 Å². The molecule has 0 aliphatic carbocycles. The number of carbonyl (C=O) groups is 2. The number of hydrogen-bond acceptors (Lipinski definition) is 4. The Labute approximate surface area is 188 Å². The first kappa shape index (κ1) is 20.9. The second-order valence-corrected chi connectivity index (χ2v) is 7.93. The summed E-state index contributed by atoms with van der Waals surface area (Å²) >= 11 is 3.42. The highest BCUT2D eigenvalue weighted by Gasteiger charge is 2.46. The van der Waals surface area contributed by atoms with E-state index < -0.39 is 17.7 Å². The average Bonchev–Trinajstić information content (AvgIpc) is 3.06. The molecule has 1 heterocycles. The van der Waals surface area contributed by atoms with Gasteiger partial charge in [0.2, 0.25) is 0 Å². The predicted molar refractivity (Wildman–Crippen MR) is 123 cm³/mol. The van der Waals surface area contributed by atoms with Gasteiger partial charge in [0.05, 0.1) is 18.2 Å². The number of ether oxygens (including phenoxy) is 1. The van der Waals surface area contributed by atoms with E-state index in [0.29, 0.717) is 29.2 Å². The average molecular weight is 478 g/mol. The fourth-order valence-corrected chi connectivity index (χ4v) is 3.94. The molecule has 1 N–H and O–H groups in total. The van der Waals surface area contributed by atoms with Crippen LogP contribution in [0.25, 0.3) is 5.76 Å². The number of ketones is 1. The van der Waals surface area contributed by atoms with Crippen molar-refractivity contribution in [3.63, 3.8) is 0 Å². The summed E-state index contributed by atoms with van der Waals surface area (Å²) in [5.74, 6) is -0.926. The van der Waals surface area contributed by atoms with Gasteiger partial charge in [-0.3, -0.25) is 14.5 Å². The zero-order chi connectivity index (χ0) is 22.0. The maximum Gasteiger partial charge on any atom is 0.300 e. The number of halogens is 1. The van der Waals surface area contributed by atoms with Crippen molar-refractivity contribution in [1.82, 2.24) is 0 Å². The van der Waals surface area contributed by atoms with Crippen molar-refractivity contribution in [1.29, 1.82) is 0 Å². The molecule has 0 saturated carbocycles. The van der Waals surface area contributed by atoms with E-state index in [9.17, 15) is 14.7 Å². The van der Waals surface area contributed by atoms with E-state index >= 15 is 0 Å². The number of anilines is 1. The van der Waals surface area contributed by atoms with E-state index in [-0.39, 0.29) is 11.3 Å². The van der Waals surface area contributed by atoms with E-state index in [2.05, 4.69) is 15.9 Å². The second kappa shape index (κ2) is 8.78. The quantitative estimate of drug-likeness (QED) is 0.300. The number of nitrogens with zero attached hydrogens (tertiary/aromatic N) is 1. The summed E-state index contributed by atoms with van der Waals surface area (Å²) in [5.41, 5.74) is 1.81. The molecule has 1 aliphatic heterocycles. The van der Waals surface area contributed by atoms with Crippen molar-refractivity contribution in [2.24, 2.45) is 0 Å². The number of aliphatic hydroxyl groups excluding tert-OH is 1. The fraction of sp³-hybridized carbons (Fsp3) is 0.120. The SMILES string of the molecule is CCOc1ccc(N2C(=O)C(=O)C(=C(O)c3ccccc3)[C@H]2c2ccc(Br)cc2)cc1. The Kier molecular flexibility index (Phi) is 5.91. The Balaban J connectivity index is 1.88. The molecule has 0 radical (unpaired) electrons. The molecule has 1 saturated heterocycles. The van der Waals surface area contributed by atoms with Gasteiger partial charge in [0.15, 0.2) is 0 Å². The summed E-state index contributed by atoms with van der Waals surface area (Å²) in [4.78, 5) is 27.6. The maximum absolute atomic E-state index is 13.1. The van der Waals surface area contributed by atoms with Crippen molar-refractivity contribution in [2.45, 2.75) is 13.0 Å². The van der Waals surface area contributed by atoms with Gasteiger partial charge >= 0.3 is 0 Å². The monoisotopic (exact) mass is 477 g/mol. The minimum absolute atomic E-state index is 0.0624. The Morgan fingerprint density at radius 3 is 2.23 bits per heavy atom. The van der Waals surface area contributed by atoms with E-state index in [1.807, 2.05) is 37.3 Å². The molecule has 1 aliphatic rings. The van der Waals surface area contributed by atoms with Crippen LogP contribution in [-0.2, 0) is 9.59 Å². The summed E-state index contributed by atoms with van der Waals surface area (Å²) < 4.78 is 6.36. The molecule has 1 atom stereocenters. The standard InChI is InChI=1S/C25H20BrNO4/c1-2-31-20-14-12-19(13-15-20)27-22(16-8-10-18(26)11-9-16)21(24(29)25(27)30)23(28)17-6-4-3-5-7-17/h3-15,22,28H,2H2,1H3/t22-/m1/s1. The highest BCUT2D eigenvalue weighted by molar-refractivity contribution is 9.10. The minimum atomic E-state index is -0.758.